The van der Waals surface area contributed by atoms with Crippen LogP contribution in [0.3, 0.4) is 0 Å². The van der Waals surface area contributed by atoms with Crippen molar-refractivity contribution in [2.45, 2.75) is 53.0 Å². The minimum atomic E-state index is -0.339. The van der Waals surface area contributed by atoms with E-state index in [1.807, 2.05) is 20.8 Å². The largest absolute Gasteiger partial charge is 0.362 e. The molecule has 0 radical (unpaired) electrons. The van der Waals surface area contributed by atoms with Gasteiger partial charge in [0, 0.05) is 19.0 Å². The Morgan fingerprint density at radius 1 is 1.37 bits per heavy atom. The number of nitro groups is 1. The predicted molar refractivity (Wildman–Crippen MR) is 76.5 cm³/mol. The van der Waals surface area contributed by atoms with E-state index in [0.717, 1.165) is 6.42 Å². The summed E-state index contributed by atoms with van der Waals surface area (Å²) in [5, 5.41) is 18.8. The van der Waals surface area contributed by atoms with Crippen molar-refractivity contribution in [1.82, 2.24) is 9.78 Å². The lowest BCUT2D eigenvalue weighted by Gasteiger charge is -2.20. The third kappa shape index (κ3) is 3.24. The van der Waals surface area contributed by atoms with Gasteiger partial charge in [-0.15, -0.1) is 0 Å². The minimum absolute atomic E-state index is 0.0288. The van der Waals surface area contributed by atoms with Crippen LogP contribution in [0.5, 0.6) is 0 Å². The quantitative estimate of drug-likeness (QED) is 0.634. The van der Waals surface area contributed by atoms with E-state index in [4.69, 9.17) is 0 Å². The van der Waals surface area contributed by atoms with Gasteiger partial charge in [0.05, 0.1) is 4.92 Å². The summed E-state index contributed by atoms with van der Waals surface area (Å²) in [6.07, 6.45) is 1.02. The van der Waals surface area contributed by atoms with Crippen LogP contribution in [-0.4, -0.2) is 20.7 Å². The predicted octanol–water partition coefficient (Wildman–Crippen LogP) is 3.30. The smallest absolute Gasteiger partial charge is 0.334 e. The summed E-state index contributed by atoms with van der Waals surface area (Å²) in [6.45, 7) is 10.1. The maximum absolute atomic E-state index is 11.3. The number of rotatable bonds is 6. The van der Waals surface area contributed by atoms with Crippen LogP contribution in [0.2, 0.25) is 0 Å². The van der Waals surface area contributed by atoms with Gasteiger partial charge in [-0.2, -0.15) is 5.10 Å². The van der Waals surface area contributed by atoms with Gasteiger partial charge in [-0.1, -0.05) is 34.1 Å². The second-order valence-electron chi connectivity index (χ2n) is 5.44. The first-order valence-electron chi connectivity index (χ1n) is 6.77. The van der Waals surface area contributed by atoms with Crippen molar-refractivity contribution in [3.63, 3.8) is 0 Å². The van der Waals surface area contributed by atoms with Gasteiger partial charge in [0.25, 0.3) is 0 Å². The fraction of sp³-hybridized carbons (Fsp3) is 0.769. The van der Waals surface area contributed by atoms with Crippen LogP contribution in [0, 0.1) is 16.0 Å². The molecule has 108 valence electrons. The zero-order valence-electron chi connectivity index (χ0n) is 12.6. The zero-order chi connectivity index (χ0) is 14.7. The molecule has 0 spiro atoms. The molecule has 19 heavy (non-hydrogen) atoms. The molecule has 1 aromatic heterocycles. The van der Waals surface area contributed by atoms with E-state index in [9.17, 15) is 10.1 Å². The van der Waals surface area contributed by atoms with Crippen LogP contribution in [0.1, 0.15) is 52.7 Å². The number of anilines is 1. The average molecular weight is 268 g/mol. The molecule has 2 atom stereocenters. The molecule has 1 aromatic rings. The van der Waals surface area contributed by atoms with Crippen molar-refractivity contribution in [2.24, 2.45) is 13.0 Å². The summed E-state index contributed by atoms with van der Waals surface area (Å²) < 4.78 is 1.58. The molecule has 0 bridgehead atoms. The number of hydrogen-bond acceptors (Lipinski definition) is 4. The van der Waals surface area contributed by atoms with Crippen LogP contribution >= 0.6 is 0 Å². The molecular weight excluding hydrogens is 244 g/mol. The third-order valence-electron chi connectivity index (χ3n) is 3.64. The van der Waals surface area contributed by atoms with Gasteiger partial charge in [0.1, 0.15) is 5.69 Å². The molecule has 0 aliphatic carbocycles. The first-order chi connectivity index (χ1) is 8.79. The van der Waals surface area contributed by atoms with Crippen LogP contribution in [0.4, 0.5) is 11.5 Å². The Labute approximate surface area is 114 Å². The molecule has 0 fully saturated rings. The summed E-state index contributed by atoms with van der Waals surface area (Å²) in [6, 6.07) is 0.166. The van der Waals surface area contributed by atoms with Crippen LogP contribution in [0.15, 0.2) is 0 Å². The second kappa shape index (κ2) is 6.04. The minimum Gasteiger partial charge on any atom is -0.362 e. The summed E-state index contributed by atoms with van der Waals surface area (Å²) in [7, 11) is 1.74. The van der Waals surface area contributed by atoms with E-state index in [1.165, 1.54) is 0 Å². The summed E-state index contributed by atoms with van der Waals surface area (Å²) >= 11 is 0. The van der Waals surface area contributed by atoms with Crippen molar-refractivity contribution in [3.05, 3.63) is 15.8 Å². The van der Waals surface area contributed by atoms with Gasteiger partial charge in [0.2, 0.25) is 5.82 Å². The lowest BCUT2D eigenvalue weighted by atomic mass is 10.0. The zero-order valence-corrected chi connectivity index (χ0v) is 12.6. The van der Waals surface area contributed by atoms with Crippen molar-refractivity contribution in [3.8, 4) is 0 Å². The topological polar surface area (TPSA) is 73.0 Å². The molecule has 1 heterocycles. The number of aromatic nitrogens is 2. The normalized spacial score (nSPS) is 14.5. The number of aryl methyl sites for hydroxylation is 1. The van der Waals surface area contributed by atoms with Crippen LogP contribution in [0.25, 0.3) is 0 Å². The van der Waals surface area contributed by atoms with Crippen molar-refractivity contribution in [1.29, 1.82) is 0 Å². The number of nitrogens with one attached hydrogen (secondary N) is 1. The molecule has 0 aliphatic heterocycles. The maximum atomic E-state index is 11.3. The molecule has 0 saturated heterocycles. The fourth-order valence-corrected chi connectivity index (χ4v) is 1.98. The van der Waals surface area contributed by atoms with Crippen molar-refractivity contribution < 1.29 is 4.92 Å². The van der Waals surface area contributed by atoms with E-state index < -0.39 is 0 Å². The van der Waals surface area contributed by atoms with Crippen LogP contribution < -0.4 is 5.32 Å². The second-order valence-corrected chi connectivity index (χ2v) is 5.44. The summed E-state index contributed by atoms with van der Waals surface area (Å²) in [5.74, 6) is 0.972. The molecule has 1 rings (SSSR count). The monoisotopic (exact) mass is 268 g/mol. The highest BCUT2D eigenvalue weighted by Gasteiger charge is 2.29. The SMILES string of the molecule is CCC(C)C(C)Nc1c([N+](=O)[O-])c(C(C)C)nn1C. The molecule has 2 unspecified atom stereocenters. The Morgan fingerprint density at radius 2 is 1.95 bits per heavy atom. The van der Waals surface area contributed by atoms with E-state index >= 15 is 0 Å². The highest BCUT2D eigenvalue weighted by molar-refractivity contribution is 5.61. The van der Waals surface area contributed by atoms with Gasteiger partial charge in [-0.3, -0.25) is 10.1 Å². The van der Waals surface area contributed by atoms with E-state index in [0.29, 0.717) is 17.4 Å². The third-order valence-corrected chi connectivity index (χ3v) is 3.64. The molecule has 1 N–H and O–H groups in total. The van der Waals surface area contributed by atoms with Crippen molar-refractivity contribution >= 4 is 11.5 Å². The molecule has 0 aliphatic rings. The summed E-state index contributed by atoms with van der Waals surface area (Å²) in [5.41, 5.74) is 0.638. The van der Waals surface area contributed by atoms with E-state index in [1.54, 1.807) is 11.7 Å². The number of hydrogen-bond donors (Lipinski definition) is 1. The number of nitrogens with zero attached hydrogens (tertiary/aromatic N) is 3. The Balaban J connectivity index is 3.16. The van der Waals surface area contributed by atoms with E-state index in [-0.39, 0.29) is 22.6 Å². The van der Waals surface area contributed by atoms with Gasteiger partial charge in [0.15, 0.2) is 0 Å². The van der Waals surface area contributed by atoms with Crippen molar-refractivity contribution in [2.75, 3.05) is 5.32 Å². The van der Waals surface area contributed by atoms with Gasteiger partial charge < -0.3 is 5.32 Å². The Kier molecular flexibility index (Phi) is 4.91. The Bertz CT molecular complexity index is 454. The first kappa shape index (κ1) is 15.5. The highest BCUT2D eigenvalue weighted by atomic mass is 16.6. The lowest BCUT2D eigenvalue weighted by Crippen LogP contribution is -2.25. The maximum Gasteiger partial charge on any atom is 0.334 e. The summed E-state index contributed by atoms with van der Waals surface area (Å²) in [4.78, 5) is 11.0. The van der Waals surface area contributed by atoms with Gasteiger partial charge in [-0.25, -0.2) is 4.68 Å². The lowest BCUT2D eigenvalue weighted by molar-refractivity contribution is -0.384. The fourth-order valence-electron chi connectivity index (χ4n) is 1.98. The molecule has 6 nitrogen and oxygen atoms in total. The van der Waals surface area contributed by atoms with Gasteiger partial charge >= 0.3 is 5.69 Å². The molecular formula is C13H24N4O2. The standard InChI is InChI=1S/C13H24N4O2/c1-7-9(4)10(5)14-13-12(17(18)19)11(8(2)3)15-16(13)6/h8-10,14H,7H2,1-6H3. The van der Waals surface area contributed by atoms with Crippen LogP contribution in [-0.2, 0) is 7.05 Å². The molecule has 6 heteroatoms. The first-order valence-corrected chi connectivity index (χ1v) is 6.77. The molecule has 0 amide bonds. The van der Waals surface area contributed by atoms with Gasteiger partial charge in [-0.05, 0) is 12.8 Å². The Hall–Kier alpha value is -1.59. The highest BCUT2D eigenvalue weighted by Crippen LogP contribution is 2.33. The molecule has 0 aromatic carbocycles. The molecule has 0 saturated carbocycles. The van der Waals surface area contributed by atoms with E-state index in [2.05, 4.69) is 24.3 Å². The average Bonchev–Trinajstić information content (AvgIpc) is 2.66. The Morgan fingerprint density at radius 3 is 2.37 bits per heavy atom.